The third-order valence-electron chi connectivity index (χ3n) is 4.28. The topological polar surface area (TPSA) is 90.3 Å². The molecule has 0 spiro atoms. The first-order valence-corrected chi connectivity index (χ1v) is 9.09. The van der Waals surface area contributed by atoms with Gasteiger partial charge in [-0.3, -0.25) is 9.59 Å². The van der Waals surface area contributed by atoms with Gasteiger partial charge in [0.15, 0.2) is 6.61 Å². The molecule has 0 unspecified atom stereocenters. The Bertz CT molecular complexity index is 1090. The van der Waals surface area contributed by atoms with Gasteiger partial charge >= 0.3 is 5.97 Å². The molecular formula is C19H19N3O4S. The summed E-state index contributed by atoms with van der Waals surface area (Å²) >= 11 is 1.08. The molecule has 0 atom stereocenters. The van der Waals surface area contributed by atoms with Gasteiger partial charge in [-0.25, -0.2) is 9.78 Å². The van der Waals surface area contributed by atoms with Crippen molar-refractivity contribution in [2.75, 3.05) is 11.9 Å². The first-order chi connectivity index (χ1) is 12.8. The highest BCUT2D eigenvalue weighted by molar-refractivity contribution is 7.20. The van der Waals surface area contributed by atoms with Gasteiger partial charge in [-0.2, -0.15) is 0 Å². The highest BCUT2D eigenvalue weighted by Gasteiger charge is 2.21. The number of hydrogen-bond acceptors (Lipinski definition) is 6. The Kier molecular flexibility index (Phi) is 5.09. The maximum atomic E-state index is 12.4. The zero-order valence-corrected chi connectivity index (χ0v) is 16.3. The largest absolute Gasteiger partial charge is 0.451 e. The van der Waals surface area contributed by atoms with Crippen molar-refractivity contribution in [2.45, 2.75) is 20.8 Å². The molecule has 0 radical (unpaired) electrons. The van der Waals surface area contributed by atoms with E-state index >= 15 is 0 Å². The van der Waals surface area contributed by atoms with E-state index in [0.29, 0.717) is 21.5 Å². The number of esters is 1. The Morgan fingerprint density at radius 2 is 1.89 bits per heavy atom. The number of rotatable bonds is 4. The second-order valence-electron chi connectivity index (χ2n) is 6.29. The van der Waals surface area contributed by atoms with Crippen LogP contribution in [0.15, 0.2) is 29.3 Å². The fraction of sp³-hybridized carbons (Fsp3) is 0.263. The van der Waals surface area contributed by atoms with E-state index in [1.165, 1.54) is 10.9 Å². The molecule has 0 bridgehead atoms. The molecule has 27 heavy (non-hydrogen) atoms. The standard InChI is InChI=1S/C19H19N3O4S/c1-10-6-5-7-11(2)15(10)21-13(23)8-26-19(25)16-12(3)14-17(27-16)20-9-22(4)18(14)24/h5-7,9H,8H2,1-4H3,(H,21,23). The lowest BCUT2D eigenvalue weighted by Gasteiger charge is -2.11. The summed E-state index contributed by atoms with van der Waals surface area (Å²) < 4.78 is 6.50. The SMILES string of the molecule is Cc1cccc(C)c1NC(=O)COC(=O)c1sc2ncn(C)c(=O)c2c1C. The maximum Gasteiger partial charge on any atom is 0.349 e. The maximum absolute atomic E-state index is 12.4. The van der Waals surface area contributed by atoms with Crippen molar-refractivity contribution in [3.63, 3.8) is 0 Å². The Labute approximate surface area is 159 Å². The van der Waals surface area contributed by atoms with Crippen molar-refractivity contribution in [1.29, 1.82) is 0 Å². The highest BCUT2D eigenvalue weighted by Crippen LogP contribution is 2.27. The molecule has 0 aliphatic rings. The Morgan fingerprint density at radius 3 is 2.56 bits per heavy atom. The van der Waals surface area contributed by atoms with E-state index in [2.05, 4.69) is 10.3 Å². The van der Waals surface area contributed by atoms with Gasteiger partial charge in [0.25, 0.3) is 11.5 Å². The van der Waals surface area contributed by atoms with Gasteiger partial charge in [-0.05, 0) is 37.5 Å². The van der Waals surface area contributed by atoms with Crippen molar-refractivity contribution >= 4 is 39.1 Å². The van der Waals surface area contributed by atoms with Gasteiger partial charge in [0.2, 0.25) is 0 Å². The quantitative estimate of drug-likeness (QED) is 0.698. The molecule has 0 aliphatic carbocycles. The minimum Gasteiger partial charge on any atom is -0.451 e. The van der Waals surface area contributed by atoms with Crippen LogP contribution >= 0.6 is 11.3 Å². The van der Waals surface area contributed by atoms with Crippen LogP contribution in [0.1, 0.15) is 26.4 Å². The average Bonchev–Trinajstić information content (AvgIpc) is 2.97. The predicted octanol–water partition coefficient (Wildman–Crippen LogP) is 2.72. The lowest BCUT2D eigenvalue weighted by Crippen LogP contribution is -2.22. The molecule has 8 heteroatoms. The Balaban J connectivity index is 1.74. The average molecular weight is 385 g/mol. The molecule has 0 aliphatic heterocycles. The van der Waals surface area contributed by atoms with Crippen LogP contribution in [0.5, 0.6) is 0 Å². The van der Waals surface area contributed by atoms with Crippen LogP contribution in [0, 0.1) is 20.8 Å². The van der Waals surface area contributed by atoms with Gasteiger partial charge in [0, 0.05) is 12.7 Å². The monoisotopic (exact) mass is 385 g/mol. The van der Waals surface area contributed by atoms with E-state index in [1.54, 1.807) is 14.0 Å². The van der Waals surface area contributed by atoms with Gasteiger partial charge in [-0.1, -0.05) is 18.2 Å². The lowest BCUT2D eigenvalue weighted by molar-refractivity contribution is -0.119. The first kappa shape index (κ1) is 18.8. The van der Waals surface area contributed by atoms with Crippen LogP contribution in [-0.2, 0) is 16.6 Å². The molecule has 0 saturated heterocycles. The zero-order valence-electron chi connectivity index (χ0n) is 15.5. The number of para-hydroxylation sites is 1. The van der Waals surface area contributed by atoms with Crippen molar-refractivity contribution in [3.8, 4) is 0 Å². The molecule has 1 aromatic carbocycles. The molecule has 1 amide bonds. The summed E-state index contributed by atoms with van der Waals surface area (Å²) in [5.74, 6) is -1.07. The van der Waals surface area contributed by atoms with Gasteiger partial charge in [-0.15, -0.1) is 11.3 Å². The number of anilines is 1. The second-order valence-corrected chi connectivity index (χ2v) is 7.29. The molecule has 7 nitrogen and oxygen atoms in total. The van der Waals surface area contributed by atoms with Crippen LogP contribution in [0.4, 0.5) is 5.69 Å². The summed E-state index contributed by atoms with van der Waals surface area (Å²) in [6.45, 7) is 5.05. The summed E-state index contributed by atoms with van der Waals surface area (Å²) in [5.41, 5.74) is 2.86. The van der Waals surface area contributed by atoms with Crippen molar-refractivity contribution in [3.05, 3.63) is 56.4 Å². The summed E-state index contributed by atoms with van der Waals surface area (Å²) in [4.78, 5) is 41.7. The van der Waals surface area contributed by atoms with Crippen LogP contribution in [0.2, 0.25) is 0 Å². The van der Waals surface area contributed by atoms with E-state index < -0.39 is 18.5 Å². The normalized spacial score (nSPS) is 10.8. The summed E-state index contributed by atoms with van der Waals surface area (Å²) in [6, 6.07) is 5.69. The molecule has 0 saturated carbocycles. The number of fused-ring (bicyclic) bond motifs is 1. The summed E-state index contributed by atoms with van der Waals surface area (Å²) in [7, 11) is 1.60. The number of nitrogens with one attached hydrogen (secondary N) is 1. The number of hydrogen-bond donors (Lipinski definition) is 1. The first-order valence-electron chi connectivity index (χ1n) is 8.27. The van der Waals surface area contributed by atoms with Gasteiger partial charge < -0.3 is 14.6 Å². The number of benzene rings is 1. The van der Waals surface area contributed by atoms with E-state index in [9.17, 15) is 14.4 Å². The molecule has 0 fully saturated rings. The van der Waals surface area contributed by atoms with Crippen LogP contribution in [0.25, 0.3) is 10.2 Å². The number of carbonyl (C=O) groups excluding carboxylic acids is 2. The smallest absolute Gasteiger partial charge is 0.349 e. The second kappa shape index (κ2) is 7.32. The molecule has 2 heterocycles. The molecular weight excluding hydrogens is 366 g/mol. The highest BCUT2D eigenvalue weighted by atomic mass is 32.1. The zero-order chi connectivity index (χ0) is 19.7. The van der Waals surface area contributed by atoms with Crippen LogP contribution in [-0.4, -0.2) is 28.0 Å². The molecule has 140 valence electrons. The van der Waals surface area contributed by atoms with E-state index in [1.807, 2.05) is 32.0 Å². The number of aryl methyl sites for hydroxylation is 4. The van der Waals surface area contributed by atoms with Crippen molar-refractivity contribution < 1.29 is 14.3 Å². The number of aromatic nitrogens is 2. The van der Waals surface area contributed by atoms with Crippen molar-refractivity contribution in [1.82, 2.24) is 9.55 Å². The third-order valence-corrected chi connectivity index (χ3v) is 5.46. The Morgan fingerprint density at radius 1 is 1.22 bits per heavy atom. The minimum absolute atomic E-state index is 0.222. The minimum atomic E-state index is -0.644. The number of thiophene rings is 1. The van der Waals surface area contributed by atoms with Gasteiger partial charge in [0.05, 0.1) is 11.7 Å². The molecule has 1 N–H and O–H groups in total. The number of ether oxygens (including phenoxy) is 1. The van der Waals surface area contributed by atoms with Gasteiger partial charge in [0.1, 0.15) is 9.71 Å². The fourth-order valence-electron chi connectivity index (χ4n) is 2.79. The summed E-state index contributed by atoms with van der Waals surface area (Å²) in [6.07, 6.45) is 1.41. The molecule has 2 aromatic heterocycles. The van der Waals surface area contributed by atoms with Crippen molar-refractivity contribution in [2.24, 2.45) is 7.05 Å². The lowest BCUT2D eigenvalue weighted by atomic mass is 10.1. The number of carbonyl (C=O) groups is 2. The molecule has 3 rings (SSSR count). The molecule has 3 aromatic rings. The number of nitrogens with zero attached hydrogens (tertiary/aromatic N) is 2. The van der Waals surface area contributed by atoms with E-state index in [0.717, 1.165) is 22.5 Å². The Hall–Kier alpha value is -3.00. The predicted molar refractivity (Wildman–Crippen MR) is 104 cm³/mol. The van der Waals surface area contributed by atoms with Crippen LogP contribution < -0.4 is 10.9 Å². The number of amides is 1. The summed E-state index contributed by atoms with van der Waals surface area (Å²) in [5, 5.41) is 3.16. The van der Waals surface area contributed by atoms with E-state index in [4.69, 9.17) is 4.74 Å². The van der Waals surface area contributed by atoms with Crippen LogP contribution in [0.3, 0.4) is 0 Å². The fourth-order valence-corrected chi connectivity index (χ4v) is 3.82. The van der Waals surface area contributed by atoms with E-state index in [-0.39, 0.29) is 10.4 Å². The third kappa shape index (κ3) is 3.61.